The van der Waals surface area contributed by atoms with Crippen molar-refractivity contribution in [3.63, 3.8) is 0 Å². The van der Waals surface area contributed by atoms with Crippen LogP contribution in [0.25, 0.3) is 0 Å². The van der Waals surface area contributed by atoms with Gasteiger partial charge in [-0.1, -0.05) is 5.16 Å². The van der Waals surface area contributed by atoms with Crippen LogP contribution in [0.15, 0.2) is 16.8 Å². The van der Waals surface area contributed by atoms with Crippen LogP contribution < -0.4 is 0 Å². The van der Waals surface area contributed by atoms with Gasteiger partial charge in [0.05, 0.1) is 12.1 Å². The number of halogens is 2. The molecule has 0 saturated carbocycles. The number of aliphatic hydroxyl groups excluding tert-OH is 1. The van der Waals surface area contributed by atoms with Crippen molar-refractivity contribution in [3.8, 4) is 0 Å². The monoisotopic (exact) mass is 258 g/mol. The SMILES string of the molecule is Cn1nccc1C(O)Cc1nc(C(C)(F)F)no1. The maximum absolute atomic E-state index is 12.9. The molecule has 1 atom stereocenters. The molecule has 1 unspecified atom stereocenters. The van der Waals surface area contributed by atoms with Gasteiger partial charge in [0.15, 0.2) is 0 Å². The summed E-state index contributed by atoms with van der Waals surface area (Å²) < 4.78 is 31.9. The maximum atomic E-state index is 12.9. The number of aliphatic hydroxyl groups is 1. The Morgan fingerprint density at radius 2 is 2.28 bits per heavy atom. The molecular weight excluding hydrogens is 246 g/mol. The first kappa shape index (κ1) is 12.6. The van der Waals surface area contributed by atoms with E-state index in [1.165, 1.54) is 10.9 Å². The van der Waals surface area contributed by atoms with Gasteiger partial charge in [-0.15, -0.1) is 0 Å². The van der Waals surface area contributed by atoms with Crippen molar-refractivity contribution in [1.29, 1.82) is 0 Å². The fourth-order valence-corrected chi connectivity index (χ4v) is 1.50. The lowest BCUT2D eigenvalue weighted by Crippen LogP contribution is -2.10. The molecule has 8 heteroatoms. The predicted molar refractivity (Wildman–Crippen MR) is 55.7 cm³/mol. The van der Waals surface area contributed by atoms with E-state index in [2.05, 4.69) is 19.8 Å². The van der Waals surface area contributed by atoms with Gasteiger partial charge in [0.25, 0.3) is 0 Å². The lowest BCUT2D eigenvalue weighted by Gasteiger charge is -2.07. The van der Waals surface area contributed by atoms with Gasteiger partial charge < -0.3 is 9.63 Å². The first-order chi connectivity index (χ1) is 8.38. The summed E-state index contributed by atoms with van der Waals surface area (Å²) in [4.78, 5) is 3.54. The van der Waals surface area contributed by atoms with E-state index in [4.69, 9.17) is 0 Å². The summed E-state index contributed by atoms with van der Waals surface area (Å²) in [5.41, 5.74) is 0.540. The van der Waals surface area contributed by atoms with Crippen molar-refractivity contribution >= 4 is 0 Å². The molecule has 0 radical (unpaired) electrons. The van der Waals surface area contributed by atoms with Crippen LogP contribution in [0.2, 0.25) is 0 Å². The van der Waals surface area contributed by atoms with E-state index < -0.39 is 17.9 Å². The molecule has 1 N–H and O–H groups in total. The number of rotatable bonds is 4. The van der Waals surface area contributed by atoms with E-state index in [1.54, 1.807) is 13.1 Å². The summed E-state index contributed by atoms with van der Waals surface area (Å²) in [6, 6.07) is 1.62. The summed E-state index contributed by atoms with van der Waals surface area (Å²) in [6.45, 7) is 0.680. The van der Waals surface area contributed by atoms with Crippen LogP contribution in [-0.4, -0.2) is 25.0 Å². The zero-order chi connectivity index (χ0) is 13.3. The van der Waals surface area contributed by atoms with Gasteiger partial charge in [0, 0.05) is 20.2 Å². The molecule has 2 heterocycles. The Kier molecular flexibility index (Phi) is 3.12. The fraction of sp³-hybridized carbons (Fsp3) is 0.500. The zero-order valence-electron chi connectivity index (χ0n) is 9.84. The van der Waals surface area contributed by atoms with Crippen LogP contribution in [0.1, 0.15) is 30.4 Å². The van der Waals surface area contributed by atoms with Crippen molar-refractivity contribution < 1.29 is 18.4 Å². The Morgan fingerprint density at radius 3 is 2.78 bits per heavy atom. The minimum atomic E-state index is -3.15. The van der Waals surface area contributed by atoms with Crippen LogP contribution in [0.5, 0.6) is 0 Å². The zero-order valence-corrected chi connectivity index (χ0v) is 9.84. The van der Waals surface area contributed by atoms with E-state index in [1.807, 2.05) is 0 Å². The highest BCUT2D eigenvalue weighted by Gasteiger charge is 2.31. The van der Waals surface area contributed by atoms with Crippen LogP contribution in [0, 0.1) is 0 Å². The average molecular weight is 258 g/mol. The van der Waals surface area contributed by atoms with Crippen LogP contribution in [-0.2, 0) is 19.4 Å². The summed E-state index contributed by atoms with van der Waals surface area (Å²) in [5, 5.41) is 16.9. The Hall–Kier alpha value is -1.83. The highest BCUT2D eigenvalue weighted by atomic mass is 19.3. The second kappa shape index (κ2) is 4.45. The van der Waals surface area contributed by atoms with Gasteiger partial charge in [0.2, 0.25) is 11.7 Å². The van der Waals surface area contributed by atoms with E-state index in [0.717, 1.165) is 0 Å². The summed E-state index contributed by atoms with van der Waals surface area (Å²) in [6.07, 6.45) is 0.553. The Bertz CT molecular complexity index is 532. The third-order valence-electron chi connectivity index (χ3n) is 2.43. The molecule has 98 valence electrons. The largest absolute Gasteiger partial charge is 0.386 e. The molecule has 2 rings (SSSR count). The first-order valence-corrected chi connectivity index (χ1v) is 5.25. The number of nitrogens with zero attached hydrogens (tertiary/aromatic N) is 4. The van der Waals surface area contributed by atoms with Crippen molar-refractivity contribution in [2.45, 2.75) is 25.4 Å². The molecule has 0 aliphatic carbocycles. The fourth-order valence-electron chi connectivity index (χ4n) is 1.50. The highest BCUT2D eigenvalue weighted by Crippen LogP contribution is 2.25. The molecule has 0 aliphatic rings. The number of aromatic nitrogens is 4. The number of aryl methyl sites for hydroxylation is 1. The number of alkyl halides is 2. The summed E-state index contributed by atoms with van der Waals surface area (Å²) in [5.74, 6) is -3.88. The highest BCUT2D eigenvalue weighted by molar-refractivity contribution is 5.06. The van der Waals surface area contributed by atoms with Gasteiger partial charge >= 0.3 is 5.92 Å². The molecule has 6 nitrogen and oxygen atoms in total. The van der Waals surface area contributed by atoms with E-state index in [-0.39, 0.29) is 12.3 Å². The average Bonchev–Trinajstić information content (AvgIpc) is 2.85. The topological polar surface area (TPSA) is 77.0 Å². The van der Waals surface area contributed by atoms with E-state index >= 15 is 0 Å². The van der Waals surface area contributed by atoms with Gasteiger partial charge in [-0.25, -0.2) is 0 Å². The predicted octanol–water partition coefficient (Wildman–Crippen LogP) is 1.19. The third-order valence-corrected chi connectivity index (χ3v) is 2.43. The van der Waals surface area contributed by atoms with Crippen LogP contribution in [0.3, 0.4) is 0 Å². The van der Waals surface area contributed by atoms with Crippen LogP contribution >= 0.6 is 0 Å². The smallest absolute Gasteiger partial charge is 0.307 e. The quantitative estimate of drug-likeness (QED) is 0.891. The maximum Gasteiger partial charge on any atom is 0.307 e. The number of hydrogen-bond donors (Lipinski definition) is 1. The Balaban J connectivity index is 2.11. The summed E-state index contributed by atoms with van der Waals surface area (Å²) in [7, 11) is 1.66. The molecule has 0 bridgehead atoms. The third kappa shape index (κ3) is 2.53. The van der Waals surface area contributed by atoms with Gasteiger partial charge in [0.1, 0.15) is 6.10 Å². The molecular formula is C10H12F2N4O2. The second-order valence-corrected chi connectivity index (χ2v) is 4.00. The second-order valence-electron chi connectivity index (χ2n) is 4.00. The Labute approximate surface area is 101 Å². The number of hydrogen-bond acceptors (Lipinski definition) is 5. The van der Waals surface area contributed by atoms with Crippen LogP contribution in [0.4, 0.5) is 8.78 Å². The van der Waals surface area contributed by atoms with Crippen molar-refractivity contribution in [2.24, 2.45) is 7.05 Å². The molecule has 0 saturated heterocycles. The van der Waals surface area contributed by atoms with Crippen molar-refractivity contribution in [1.82, 2.24) is 19.9 Å². The molecule has 0 spiro atoms. The van der Waals surface area contributed by atoms with E-state index in [0.29, 0.717) is 12.6 Å². The first-order valence-electron chi connectivity index (χ1n) is 5.25. The molecule has 0 amide bonds. The standard InChI is InChI=1S/C10H12F2N4O2/c1-10(11,12)9-14-8(18-15-9)5-7(17)6-3-4-13-16(6)2/h3-4,7,17H,5H2,1-2H3. The van der Waals surface area contributed by atoms with Gasteiger partial charge in [-0.3, -0.25) is 4.68 Å². The van der Waals surface area contributed by atoms with Crippen molar-refractivity contribution in [2.75, 3.05) is 0 Å². The minimum absolute atomic E-state index is 0.0391. The molecule has 0 aliphatic heterocycles. The summed E-state index contributed by atoms with van der Waals surface area (Å²) >= 11 is 0. The molecule has 0 aromatic carbocycles. The minimum Gasteiger partial charge on any atom is -0.386 e. The molecule has 18 heavy (non-hydrogen) atoms. The lowest BCUT2D eigenvalue weighted by atomic mass is 10.2. The van der Waals surface area contributed by atoms with Gasteiger partial charge in [-0.05, 0) is 6.07 Å². The molecule has 0 fully saturated rings. The Morgan fingerprint density at radius 1 is 1.56 bits per heavy atom. The van der Waals surface area contributed by atoms with Crippen molar-refractivity contribution in [3.05, 3.63) is 29.7 Å². The lowest BCUT2D eigenvalue weighted by molar-refractivity contribution is 0.00559. The molecule has 2 aromatic heterocycles. The van der Waals surface area contributed by atoms with Gasteiger partial charge in [-0.2, -0.15) is 18.9 Å². The van der Waals surface area contributed by atoms with E-state index in [9.17, 15) is 13.9 Å². The molecule has 2 aromatic rings. The normalized spacial score (nSPS) is 13.8.